The van der Waals surface area contributed by atoms with Crippen LogP contribution in [0, 0.1) is 5.92 Å². The van der Waals surface area contributed by atoms with Crippen LogP contribution in [0.2, 0.25) is 0 Å². The summed E-state index contributed by atoms with van der Waals surface area (Å²) in [6, 6.07) is 4.07. The molecule has 1 aromatic rings. The Kier molecular flexibility index (Phi) is 6.18. The molecule has 21 heavy (non-hydrogen) atoms. The van der Waals surface area contributed by atoms with Gasteiger partial charge in [0, 0.05) is 23.5 Å². The normalized spacial score (nSPS) is 16.1. The van der Waals surface area contributed by atoms with Crippen LogP contribution in [0.1, 0.15) is 55.6 Å². The molecule has 1 fully saturated rings. The van der Waals surface area contributed by atoms with Crippen LogP contribution in [-0.2, 0) is 6.42 Å². The molecule has 1 aliphatic heterocycles. The van der Waals surface area contributed by atoms with Crippen LogP contribution < -0.4 is 10.6 Å². The van der Waals surface area contributed by atoms with Crippen molar-refractivity contribution in [2.75, 3.05) is 13.1 Å². The van der Waals surface area contributed by atoms with Crippen molar-refractivity contribution in [2.24, 2.45) is 5.92 Å². The van der Waals surface area contributed by atoms with Crippen LogP contribution in [0.3, 0.4) is 0 Å². The number of carbonyl (C=O) groups excluding carboxylic acids is 1. The topological polar surface area (TPSA) is 54.0 Å². The Bertz CT molecular complexity index is 451. The fourth-order valence-corrected chi connectivity index (χ4v) is 2.84. The van der Waals surface area contributed by atoms with Crippen LogP contribution in [-0.4, -0.2) is 30.0 Å². The van der Waals surface area contributed by atoms with Gasteiger partial charge in [-0.05, 0) is 50.4 Å². The van der Waals surface area contributed by atoms with E-state index in [0.717, 1.165) is 56.5 Å². The van der Waals surface area contributed by atoms with E-state index in [4.69, 9.17) is 0 Å². The zero-order valence-electron chi connectivity index (χ0n) is 13.2. The Morgan fingerprint density at radius 1 is 1.38 bits per heavy atom. The number of hydrogen-bond acceptors (Lipinski definition) is 3. The first kappa shape index (κ1) is 16.0. The highest BCUT2D eigenvalue weighted by molar-refractivity contribution is 5.94. The molecule has 0 aliphatic carbocycles. The molecule has 0 aromatic carbocycles. The van der Waals surface area contributed by atoms with Gasteiger partial charge in [-0.15, -0.1) is 0 Å². The van der Waals surface area contributed by atoms with E-state index in [0.29, 0.717) is 12.0 Å². The van der Waals surface area contributed by atoms with Crippen molar-refractivity contribution in [3.05, 3.63) is 29.6 Å². The van der Waals surface area contributed by atoms with E-state index in [-0.39, 0.29) is 5.91 Å². The fraction of sp³-hybridized carbons (Fsp3) is 0.647. The van der Waals surface area contributed by atoms with Crippen molar-refractivity contribution < 1.29 is 4.79 Å². The molecule has 0 spiro atoms. The highest BCUT2D eigenvalue weighted by Crippen LogP contribution is 2.15. The first-order chi connectivity index (χ1) is 10.2. The number of hydrogen-bond donors (Lipinski definition) is 2. The summed E-state index contributed by atoms with van der Waals surface area (Å²) in [5, 5.41) is 6.45. The van der Waals surface area contributed by atoms with Crippen LogP contribution in [0.15, 0.2) is 18.3 Å². The van der Waals surface area contributed by atoms with E-state index in [1.807, 2.05) is 12.1 Å². The molecule has 1 saturated heterocycles. The van der Waals surface area contributed by atoms with Gasteiger partial charge in [0.1, 0.15) is 0 Å². The first-order valence-electron chi connectivity index (χ1n) is 8.19. The van der Waals surface area contributed by atoms with Gasteiger partial charge in [-0.25, -0.2) is 0 Å². The van der Waals surface area contributed by atoms with Crippen molar-refractivity contribution in [1.82, 2.24) is 15.6 Å². The molecule has 4 nitrogen and oxygen atoms in total. The highest BCUT2D eigenvalue weighted by atomic mass is 16.1. The zero-order valence-corrected chi connectivity index (χ0v) is 13.2. The van der Waals surface area contributed by atoms with Gasteiger partial charge < -0.3 is 10.6 Å². The van der Waals surface area contributed by atoms with E-state index in [2.05, 4.69) is 29.5 Å². The van der Waals surface area contributed by atoms with Gasteiger partial charge in [-0.1, -0.05) is 26.7 Å². The Balaban J connectivity index is 1.97. The summed E-state index contributed by atoms with van der Waals surface area (Å²) < 4.78 is 0. The van der Waals surface area contributed by atoms with E-state index < -0.39 is 0 Å². The standard InChI is InChI=1S/C17H27N3O/c1-3-13(4-2)11-16-12-14(5-10-19-16)17(21)20-15-6-8-18-9-7-15/h5,10,12-13,15,18H,3-4,6-9,11H2,1-2H3,(H,20,21). The van der Waals surface area contributed by atoms with Gasteiger partial charge in [0.05, 0.1) is 0 Å². The number of pyridine rings is 1. The molecule has 2 N–H and O–H groups in total. The van der Waals surface area contributed by atoms with Crippen LogP contribution in [0.4, 0.5) is 0 Å². The summed E-state index contributed by atoms with van der Waals surface area (Å²) in [5.74, 6) is 0.690. The van der Waals surface area contributed by atoms with Gasteiger partial charge in [0.25, 0.3) is 5.91 Å². The van der Waals surface area contributed by atoms with Gasteiger partial charge in [-0.3, -0.25) is 9.78 Å². The molecular weight excluding hydrogens is 262 g/mol. The number of nitrogens with zero attached hydrogens (tertiary/aromatic N) is 1. The van der Waals surface area contributed by atoms with Gasteiger partial charge in [-0.2, -0.15) is 0 Å². The Hall–Kier alpha value is -1.42. The predicted octanol–water partition coefficient (Wildman–Crippen LogP) is 2.54. The third-order valence-electron chi connectivity index (χ3n) is 4.41. The summed E-state index contributed by atoms with van der Waals surface area (Å²) >= 11 is 0. The SMILES string of the molecule is CCC(CC)Cc1cc(C(=O)NC2CCNCC2)ccn1. The third-order valence-corrected chi connectivity index (χ3v) is 4.41. The van der Waals surface area contributed by atoms with Gasteiger partial charge in [0.2, 0.25) is 0 Å². The molecule has 4 heteroatoms. The number of nitrogens with one attached hydrogen (secondary N) is 2. The van der Waals surface area contributed by atoms with Crippen LogP contribution >= 0.6 is 0 Å². The Morgan fingerprint density at radius 2 is 2.10 bits per heavy atom. The van der Waals surface area contributed by atoms with Crippen molar-refractivity contribution in [2.45, 2.75) is 52.0 Å². The molecule has 1 aromatic heterocycles. The monoisotopic (exact) mass is 289 g/mol. The van der Waals surface area contributed by atoms with Crippen molar-refractivity contribution in [3.63, 3.8) is 0 Å². The summed E-state index contributed by atoms with van der Waals surface area (Å²) in [4.78, 5) is 16.7. The van der Waals surface area contributed by atoms with E-state index in [1.165, 1.54) is 0 Å². The minimum absolute atomic E-state index is 0.0371. The molecule has 0 atom stereocenters. The summed E-state index contributed by atoms with van der Waals surface area (Å²) in [7, 11) is 0. The molecule has 0 bridgehead atoms. The lowest BCUT2D eigenvalue weighted by atomic mass is 9.96. The van der Waals surface area contributed by atoms with E-state index in [9.17, 15) is 4.79 Å². The second kappa shape index (κ2) is 8.13. The Labute approximate surface area is 127 Å². The highest BCUT2D eigenvalue weighted by Gasteiger charge is 2.17. The number of carbonyl (C=O) groups is 1. The second-order valence-corrected chi connectivity index (χ2v) is 5.92. The average molecular weight is 289 g/mol. The lowest BCUT2D eigenvalue weighted by Crippen LogP contribution is -2.42. The second-order valence-electron chi connectivity index (χ2n) is 5.92. The molecular formula is C17H27N3O. The maximum Gasteiger partial charge on any atom is 0.251 e. The van der Waals surface area contributed by atoms with Gasteiger partial charge in [0.15, 0.2) is 0 Å². The molecule has 2 heterocycles. The average Bonchev–Trinajstić information content (AvgIpc) is 2.54. The van der Waals surface area contributed by atoms with E-state index in [1.54, 1.807) is 6.20 Å². The number of rotatable bonds is 6. The molecule has 1 aliphatic rings. The summed E-state index contributed by atoms with van der Waals surface area (Å²) in [6.45, 7) is 6.39. The molecule has 2 rings (SSSR count). The minimum atomic E-state index is 0.0371. The minimum Gasteiger partial charge on any atom is -0.349 e. The predicted molar refractivity (Wildman–Crippen MR) is 85.4 cm³/mol. The lowest BCUT2D eigenvalue weighted by molar-refractivity contribution is 0.0929. The Morgan fingerprint density at radius 3 is 2.76 bits per heavy atom. The first-order valence-corrected chi connectivity index (χ1v) is 8.19. The number of piperidine rings is 1. The van der Waals surface area contributed by atoms with Gasteiger partial charge >= 0.3 is 0 Å². The lowest BCUT2D eigenvalue weighted by Gasteiger charge is -2.23. The maximum absolute atomic E-state index is 12.3. The van der Waals surface area contributed by atoms with Crippen molar-refractivity contribution >= 4 is 5.91 Å². The van der Waals surface area contributed by atoms with E-state index >= 15 is 0 Å². The molecule has 0 radical (unpaired) electrons. The summed E-state index contributed by atoms with van der Waals surface area (Å²) in [6.07, 6.45) is 7.05. The fourth-order valence-electron chi connectivity index (χ4n) is 2.84. The van der Waals surface area contributed by atoms with Crippen LogP contribution in [0.25, 0.3) is 0 Å². The molecule has 1 amide bonds. The molecule has 0 unspecified atom stereocenters. The summed E-state index contributed by atoms with van der Waals surface area (Å²) in [5.41, 5.74) is 1.77. The quantitative estimate of drug-likeness (QED) is 0.846. The third kappa shape index (κ3) is 4.81. The number of aromatic nitrogens is 1. The van der Waals surface area contributed by atoms with Crippen molar-refractivity contribution in [1.29, 1.82) is 0 Å². The molecule has 116 valence electrons. The largest absolute Gasteiger partial charge is 0.349 e. The van der Waals surface area contributed by atoms with Crippen molar-refractivity contribution in [3.8, 4) is 0 Å². The maximum atomic E-state index is 12.3. The molecule has 0 saturated carbocycles. The zero-order chi connectivity index (χ0) is 15.1. The number of amides is 1. The van der Waals surface area contributed by atoms with Crippen LogP contribution in [0.5, 0.6) is 0 Å². The smallest absolute Gasteiger partial charge is 0.251 e.